The van der Waals surface area contributed by atoms with E-state index in [1.165, 1.54) is 6.07 Å². The lowest BCUT2D eigenvalue weighted by Crippen LogP contribution is -2.29. The van der Waals surface area contributed by atoms with Gasteiger partial charge < -0.3 is 13.9 Å². The van der Waals surface area contributed by atoms with Gasteiger partial charge in [0.05, 0.1) is 5.92 Å². The number of fused-ring (bicyclic) bond motifs is 2. The normalized spacial score (nSPS) is 15.8. The standard InChI is InChI=1S/C22H19ClO5/c1-12-3-5-18-15(9-20(24)28-21(18)13(12)2)10-27-22(25)16-7-14-8-17(23)4-6-19(14)26-11-16/h3-6,8-9,16H,7,10-11H2,1-2H3/t16-/m1/s1. The van der Waals surface area contributed by atoms with E-state index in [1.807, 2.05) is 26.0 Å². The Hall–Kier alpha value is -2.79. The first kappa shape index (κ1) is 18.6. The van der Waals surface area contributed by atoms with Crippen LogP contribution in [0.5, 0.6) is 5.75 Å². The fourth-order valence-corrected chi connectivity index (χ4v) is 3.62. The van der Waals surface area contributed by atoms with Crippen LogP contribution in [0.15, 0.2) is 45.6 Å². The number of esters is 1. The van der Waals surface area contributed by atoms with Crippen LogP contribution in [0.25, 0.3) is 11.0 Å². The quantitative estimate of drug-likeness (QED) is 0.484. The number of carbonyl (C=O) groups is 1. The molecule has 0 amide bonds. The third-order valence-electron chi connectivity index (χ3n) is 5.15. The highest BCUT2D eigenvalue weighted by molar-refractivity contribution is 6.30. The van der Waals surface area contributed by atoms with Gasteiger partial charge in [-0.15, -0.1) is 0 Å². The maximum absolute atomic E-state index is 12.6. The Morgan fingerprint density at radius 1 is 1.21 bits per heavy atom. The van der Waals surface area contributed by atoms with Crippen LogP contribution < -0.4 is 10.4 Å². The van der Waals surface area contributed by atoms with Crippen LogP contribution in [0, 0.1) is 19.8 Å². The Bertz CT molecular complexity index is 1130. The molecule has 0 radical (unpaired) electrons. The number of hydrogen-bond donors (Lipinski definition) is 0. The molecule has 0 aliphatic carbocycles. The fraction of sp³-hybridized carbons (Fsp3) is 0.273. The van der Waals surface area contributed by atoms with Crippen LogP contribution in [0.1, 0.15) is 22.3 Å². The molecule has 0 bridgehead atoms. The van der Waals surface area contributed by atoms with Gasteiger partial charge in [0.15, 0.2) is 0 Å². The Kier molecular flexibility index (Phi) is 4.85. The van der Waals surface area contributed by atoms with E-state index in [9.17, 15) is 9.59 Å². The van der Waals surface area contributed by atoms with Crippen molar-refractivity contribution in [3.05, 3.63) is 74.1 Å². The maximum atomic E-state index is 12.6. The van der Waals surface area contributed by atoms with Crippen LogP contribution in [-0.4, -0.2) is 12.6 Å². The van der Waals surface area contributed by atoms with E-state index in [0.717, 1.165) is 27.8 Å². The second-order valence-corrected chi connectivity index (χ2v) is 7.48. The molecule has 4 rings (SSSR count). The Morgan fingerprint density at radius 3 is 2.86 bits per heavy atom. The lowest BCUT2D eigenvalue weighted by atomic mass is 9.97. The average Bonchev–Trinajstić information content (AvgIpc) is 2.68. The van der Waals surface area contributed by atoms with Crippen molar-refractivity contribution in [1.82, 2.24) is 0 Å². The summed E-state index contributed by atoms with van der Waals surface area (Å²) in [6.07, 6.45) is 0.505. The molecule has 1 aliphatic rings. The molecule has 28 heavy (non-hydrogen) atoms. The highest BCUT2D eigenvalue weighted by atomic mass is 35.5. The Balaban J connectivity index is 1.53. The van der Waals surface area contributed by atoms with Gasteiger partial charge in [0, 0.05) is 22.0 Å². The van der Waals surface area contributed by atoms with Crippen molar-refractivity contribution in [2.45, 2.75) is 26.9 Å². The van der Waals surface area contributed by atoms with Crippen molar-refractivity contribution in [1.29, 1.82) is 0 Å². The van der Waals surface area contributed by atoms with Gasteiger partial charge in [-0.1, -0.05) is 23.7 Å². The zero-order valence-electron chi connectivity index (χ0n) is 15.6. The fourth-order valence-electron chi connectivity index (χ4n) is 3.43. The number of benzene rings is 2. The molecule has 5 nitrogen and oxygen atoms in total. The summed E-state index contributed by atoms with van der Waals surface area (Å²) in [4.78, 5) is 24.5. The number of aryl methyl sites for hydroxylation is 2. The molecule has 1 aliphatic heterocycles. The molecule has 1 atom stereocenters. The predicted molar refractivity (Wildman–Crippen MR) is 106 cm³/mol. The molecule has 1 aromatic heterocycles. The molecule has 0 spiro atoms. The second-order valence-electron chi connectivity index (χ2n) is 7.05. The third-order valence-corrected chi connectivity index (χ3v) is 5.38. The molecule has 0 saturated heterocycles. The molecular formula is C22H19ClO5. The minimum absolute atomic E-state index is 0.00232. The summed E-state index contributed by atoms with van der Waals surface area (Å²) in [5.41, 5.74) is 3.51. The predicted octanol–water partition coefficient (Wildman–Crippen LogP) is 4.36. The Morgan fingerprint density at radius 2 is 2.04 bits per heavy atom. The number of carbonyl (C=O) groups excluding carboxylic acids is 1. The lowest BCUT2D eigenvalue weighted by Gasteiger charge is -2.24. The van der Waals surface area contributed by atoms with Gasteiger partial charge in [0.2, 0.25) is 0 Å². The first-order valence-electron chi connectivity index (χ1n) is 9.03. The van der Waals surface area contributed by atoms with Gasteiger partial charge >= 0.3 is 11.6 Å². The molecule has 6 heteroatoms. The van der Waals surface area contributed by atoms with E-state index in [1.54, 1.807) is 18.2 Å². The van der Waals surface area contributed by atoms with Crippen molar-refractivity contribution < 1.29 is 18.7 Å². The van der Waals surface area contributed by atoms with E-state index >= 15 is 0 Å². The highest BCUT2D eigenvalue weighted by Crippen LogP contribution is 2.30. The highest BCUT2D eigenvalue weighted by Gasteiger charge is 2.27. The van der Waals surface area contributed by atoms with Gasteiger partial charge in [-0.25, -0.2) is 4.79 Å². The molecule has 144 valence electrons. The summed E-state index contributed by atoms with van der Waals surface area (Å²) >= 11 is 6.03. The minimum Gasteiger partial charge on any atom is -0.492 e. The van der Waals surface area contributed by atoms with Crippen LogP contribution in [0.2, 0.25) is 5.02 Å². The van der Waals surface area contributed by atoms with E-state index in [2.05, 4.69) is 0 Å². The molecule has 2 aromatic carbocycles. The molecule has 0 fully saturated rings. The molecular weight excluding hydrogens is 380 g/mol. The monoisotopic (exact) mass is 398 g/mol. The average molecular weight is 399 g/mol. The minimum atomic E-state index is -0.461. The van der Waals surface area contributed by atoms with Crippen LogP contribution in [0.4, 0.5) is 0 Å². The smallest absolute Gasteiger partial charge is 0.336 e. The summed E-state index contributed by atoms with van der Waals surface area (Å²) in [5, 5.41) is 1.37. The van der Waals surface area contributed by atoms with Gasteiger partial charge in [0.25, 0.3) is 0 Å². The summed E-state index contributed by atoms with van der Waals surface area (Å²) < 4.78 is 16.5. The summed E-state index contributed by atoms with van der Waals surface area (Å²) in [6, 6.07) is 10.6. The van der Waals surface area contributed by atoms with Gasteiger partial charge in [-0.3, -0.25) is 4.79 Å². The van der Waals surface area contributed by atoms with Crippen LogP contribution >= 0.6 is 11.6 Å². The zero-order valence-corrected chi connectivity index (χ0v) is 16.3. The number of halogens is 1. The van der Waals surface area contributed by atoms with Gasteiger partial charge in [0.1, 0.15) is 24.5 Å². The van der Waals surface area contributed by atoms with Crippen molar-refractivity contribution in [2.24, 2.45) is 5.92 Å². The maximum Gasteiger partial charge on any atom is 0.336 e. The molecule has 0 N–H and O–H groups in total. The summed E-state index contributed by atoms with van der Waals surface area (Å²) in [5.74, 6) is -0.0388. The van der Waals surface area contributed by atoms with Crippen molar-refractivity contribution in [2.75, 3.05) is 6.61 Å². The Labute approximate surface area is 166 Å². The van der Waals surface area contributed by atoms with Crippen LogP contribution in [-0.2, 0) is 22.6 Å². The molecule has 0 saturated carbocycles. The topological polar surface area (TPSA) is 65.7 Å². The van der Waals surface area contributed by atoms with Crippen LogP contribution in [0.3, 0.4) is 0 Å². The van der Waals surface area contributed by atoms with Gasteiger partial charge in [-0.2, -0.15) is 0 Å². The third kappa shape index (κ3) is 3.50. The van der Waals surface area contributed by atoms with E-state index in [-0.39, 0.29) is 19.2 Å². The van der Waals surface area contributed by atoms with Crippen molar-refractivity contribution in [3.63, 3.8) is 0 Å². The van der Waals surface area contributed by atoms with Crippen molar-refractivity contribution in [3.8, 4) is 5.75 Å². The molecule has 3 aromatic rings. The molecule has 2 heterocycles. The lowest BCUT2D eigenvalue weighted by molar-refractivity contribution is -0.151. The summed E-state index contributed by atoms with van der Waals surface area (Å²) in [6.45, 7) is 4.11. The van der Waals surface area contributed by atoms with E-state index in [4.69, 9.17) is 25.5 Å². The van der Waals surface area contributed by atoms with Crippen molar-refractivity contribution >= 4 is 28.5 Å². The number of ether oxygens (including phenoxy) is 2. The molecule has 0 unspecified atom stereocenters. The van der Waals surface area contributed by atoms with E-state index in [0.29, 0.717) is 22.6 Å². The van der Waals surface area contributed by atoms with E-state index < -0.39 is 11.5 Å². The summed E-state index contributed by atoms with van der Waals surface area (Å²) in [7, 11) is 0. The first-order chi connectivity index (χ1) is 13.4. The second kappa shape index (κ2) is 7.32. The SMILES string of the molecule is Cc1ccc2c(COC(=O)[C@H]3COc4ccc(Cl)cc4C3)cc(=O)oc2c1C. The largest absolute Gasteiger partial charge is 0.492 e. The number of rotatable bonds is 3. The zero-order chi connectivity index (χ0) is 19.8. The van der Waals surface area contributed by atoms with Gasteiger partial charge in [-0.05, 0) is 55.2 Å². The first-order valence-corrected chi connectivity index (χ1v) is 9.41. The number of hydrogen-bond acceptors (Lipinski definition) is 5.